The van der Waals surface area contributed by atoms with Gasteiger partial charge in [-0.15, -0.1) is 0 Å². The topological polar surface area (TPSA) is 127 Å². The first-order valence-electron chi connectivity index (χ1n) is 12.6. The van der Waals surface area contributed by atoms with Gasteiger partial charge in [0, 0.05) is 48.5 Å². The van der Waals surface area contributed by atoms with Crippen molar-refractivity contribution in [3.63, 3.8) is 0 Å². The first-order chi connectivity index (χ1) is 18.5. The summed E-state index contributed by atoms with van der Waals surface area (Å²) in [6.07, 6.45) is 9.89. The highest BCUT2D eigenvalue weighted by atomic mass is 16.1. The molecule has 0 aliphatic carbocycles. The van der Waals surface area contributed by atoms with Crippen molar-refractivity contribution in [1.29, 1.82) is 0 Å². The quantitative estimate of drug-likeness (QED) is 0.309. The molecule has 0 aliphatic rings. The molecule has 5 aromatic heterocycles. The molecular weight excluding hydrogens is 478 g/mol. The van der Waals surface area contributed by atoms with Crippen molar-refractivity contribution in [3.8, 4) is 17.2 Å². The zero-order valence-electron chi connectivity index (χ0n) is 21.6. The molecule has 1 amide bonds. The van der Waals surface area contributed by atoms with Crippen LogP contribution in [0.5, 0.6) is 0 Å². The molecule has 38 heavy (non-hydrogen) atoms. The van der Waals surface area contributed by atoms with Crippen LogP contribution < -0.4 is 5.32 Å². The van der Waals surface area contributed by atoms with Gasteiger partial charge in [-0.3, -0.25) is 14.9 Å². The maximum absolute atomic E-state index is 12.7. The number of hydrogen-bond acceptors (Lipinski definition) is 7. The maximum atomic E-state index is 12.7. The first-order valence-corrected chi connectivity index (χ1v) is 12.6. The molecule has 10 nitrogen and oxygen atoms in total. The third kappa shape index (κ3) is 5.97. The molecule has 0 radical (unpaired) electrons. The number of H-pyrrole nitrogens is 1. The lowest BCUT2D eigenvalue weighted by molar-refractivity contribution is 0.0946. The Labute approximate surface area is 220 Å². The molecule has 0 bridgehead atoms. The van der Waals surface area contributed by atoms with Gasteiger partial charge in [0.1, 0.15) is 5.69 Å². The zero-order valence-corrected chi connectivity index (χ0v) is 21.6. The predicted octanol–water partition coefficient (Wildman–Crippen LogP) is 3.93. The Kier molecular flexibility index (Phi) is 7.30. The second kappa shape index (κ2) is 11.1. The summed E-state index contributed by atoms with van der Waals surface area (Å²) in [4.78, 5) is 30.7. The van der Waals surface area contributed by atoms with E-state index >= 15 is 0 Å². The van der Waals surface area contributed by atoms with Gasteiger partial charge in [0.25, 0.3) is 5.91 Å². The number of rotatable bonds is 9. The van der Waals surface area contributed by atoms with Crippen LogP contribution in [0.1, 0.15) is 57.7 Å². The van der Waals surface area contributed by atoms with Crippen LogP contribution in [0, 0.1) is 13.8 Å². The van der Waals surface area contributed by atoms with E-state index in [1.165, 1.54) is 5.56 Å². The number of carbonyl (C=O) groups excluding carboxylic acids is 1. The van der Waals surface area contributed by atoms with Gasteiger partial charge in [-0.1, -0.05) is 19.4 Å². The first kappa shape index (κ1) is 24.9. The summed E-state index contributed by atoms with van der Waals surface area (Å²) in [6.45, 7) is 6.38. The SMILES string of the molecule is CCCc1cnn(-c2ccc(CNC(=O)c3ccc(-c4nc(C)cc(Cc5cc(C)[nH]n5)n4)cn3)cn2)c1. The van der Waals surface area contributed by atoms with Crippen molar-refractivity contribution in [2.75, 3.05) is 0 Å². The monoisotopic (exact) mass is 507 g/mol. The Balaban J connectivity index is 1.20. The maximum Gasteiger partial charge on any atom is 0.270 e. The van der Waals surface area contributed by atoms with E-state index in [1.807, 2.05) is 56.6 Å². The molecule has 0 spiro atoms. The highest BCUT2D eigenvalue weighted by Gasteiger charge is 2.11. The van der Waals surface area contributed by atoms with Gasteiger partial charge in [0.2, 0.25) is 0 Å². The standard InChI is InChI=1S/C28H29N9O/c1-4-5-21-15-32-37(17-21)26-9-6-20(13-30-26)14-31-28(38)25-8-7-22(16-29-25)27-33-18(2)10-23(34-27)12-24-11-19(3)35-36-24/h6-11,13,15-17H,4-5,12,14H2,1-3H3,(H,31,38)(H,35,36). The molecule has 0 saturated carbocycles. The molecular formula is C28H29N9O. The van der Waals surface area contributed by atoms with Gasteiger partial charge >= 0.3 is 0 Å². The summed E-state index contributed by atoms with van der Waals surface area (Å²) in [5.41, 5.74) is 6.78. The number of hydrogen-bond donors (Lipinski definition) is 2. The lowest BCUT2D eigenvalue weighted by atomic mass is 10.2. The fourth-order valence-corrected chi connectivity index (χ4v) is 4.10. The van der Waals surface area contributed by atoms with E-state index in [0.29, 0.717) is 24.5 Å². The summed E-state index contributed by atoms with van der Waals surface area (Å²) in [5, 5.41) is 14.5. The molecule has 2 N–H and O–H groups in total. The molecule has 5 rings (SSSR count). The van der Waals surface area contributed by atoms with E-state index in [2.05, 4.69) is 47.5 Å². The summed E-state index contributed by atoms with van der Waals surface area (Å²) in [5.74, 6) is 1.04. The number of pyridine rings is 2. The van der Waals surface area contributed by atoms with Crippen molar-refractivity contribution >= 4 is 5.91 Å². The van der Waals surface area contributed by atoms with E-state index in [9.17, 15) is 4.79 Å². The Morgan fingerprint density at radius 3 is 2.58 bits per heavy atom. The number of aryl methyl sites for hydroxylation is 3. The molecule has 0 fully saturated rings. The van der Waals surface area contributed by atoms with E-state index in [0.717, 1.165) is 52.6 Å². The Bertz CT molecular complexity index is 1540. The van der Waals surface area contributed by atoms with Gasteiger partial charge in [-0.05, 0) is 61.7 Å². The van der Waals surface area contributed by atoms with Crippen LogP contribution in [0.15, 0.2) is 61.2 Å². The van der Waals surface area contributed by atoms with E-state index in [4.69, 9.17) is 0 Å². The van der Waals surface area contributed by atoms with E-state index < -0.39 is 0 Å². The summed E-state index contributed by atoms with van der Waals surface area (Å²) >= 11 is 0. The van der Waals surface area contributed by atoms with Gasteiger partial charge < -0.3 is 5.32 Å². The number of aromatic amines is 1. The Morgan fingerprint density at radius 2 is 1.87 bits per heavy atom. The van der Waals surface area contributed by atoms with Crippen LogP contribution in [0.2, 0.25) is 0 Å². The highest BCUT2D eigenvalue weighted by molar-refractivity contribution is 5.92. The second-order valence-corrected chi connectivity index (χ2v) is 9.23. The summed E-state index contributed by atoms with van der Waals surface area (Å²) in [6, 6.07) is 11.3. The molecule has 5 aromatic rings. The van der Waals surface area contributed by atoms with Crippen LogP contribution in [0.25, 0.3) is 17.2 Å². The molecule has 192 valence electrons. The number of aromatic nitrogens is 8. The lowest BCUT2D eigenvalue weighted by Crippen LogP contribution is -2.23. The number of nitrogens with zero attached hydrogens (tertiary/aromatic N) is 7. The number of amides is 1. The fraction of sp³-hybridized carbons (Fsp3) is 0.250. The molecule has 0 aromatic carbocycles. The summed E-state index contributed by atoms with van der Waals surface area (Å²) in [7, 11) is 0. The minimum Gasteiger partial charge on any atom is -0.347 e. The Hall–Kier alpha value is -4.73. The van der Waals surface area contributed by atoms with Crippen molar-refractivity contribution < 1.29 is 4.79 Å². The van der Waals surface area contributed by atoms with Crippen LogP contribution >= 0.6 is 0 Å². The molecule has 0 aliphatic heterocycles. The fourth-order valence-electron chi connectivity index (χ4n) is 4.10. The van der Waals surface area contributed by atoms with Gasteiger partial charge in [0.05, 0.1) is 17.6 Å². The van der Waals surface area contributed by atoms with Crippen LogP contribution in [0.4, 0.5) is 0 Å². The van der Waals surface area contributed by atoms with Crippen LogP contribution in [-0.2, 0) is 19.4 Å². The smallest absolute Gasteiger partial charge is 0.270 e. The Morgan fingerprint density at radius 1 is 0.974 bits per heavy atom. The van der Waals surface area contributed by atoms with Crippen molar-refractivity contribution in [2.45, 2.75) is 46.6 Å². The third-order valence-corrected chi connectivity index (χ3v) is 5.95. The normalized spacial score (nSPS) is 11.0. The zero-order chi connectivity index (χ0) is 26.5. The average Bonchev–Trinajstić information content (AvgIpc) is 3.56. The van der Waals surface area contributed by atoms with E-state index in [-0.39, 0.29) is 5.91 Å². The number of nitrogens with one attached hydrogen (secondary N) is 2. The minimum absolute atomic E-state index is 0.267. The molecule has 0 unspecified atom stereocenters. The lowest BCUT2D eigenvalue weighted by Gasteiger charge is -2.08. The second-order valence-electron chi connectivity index (χ2n) is 9.23. The molecule has 5 heterocycles. The highest BCUT2D eigenvalue weighted by Crippen LogP contribution is 2.17. The summed E-state index contributed by atoms with van der Waals surface area (Å²) < 4.78 is 1.76. The molecule has 0 saturated heterocycles. The average molecular weight is 508 g/mol. The van der Waals surface area contributed by atoms with Gasteiger partial charge in [-0.2, -0.15) is 10.2 Å². The predicted molar refractivity (Wildman–Crippen MR) is 143 cm³/mol. The van der Waals surface area contributed by atoms with Crippen molar-refractivity contribution in [1.82, 2.24) is 45.2 Å². The van der Waals surface area contributed by atoms with Crippen molar-refractivity contribution in [3.05, 3.63) is 101 Å². The molecule has 0 atom stereocenters. The van der Waals surface area contributed by atoms with Gasteiger partial charge in [0.15, 0.2) is 11.6 Å². The van der Waals surface area contributed by atoms with Gasteiger partial charge in [-0.25, -0.2) is 19.6 Å². The minimum atomic E-state index is -0.267. The third-order valence-electron chi connectivity index (χ3n) is 5.95. The van der Waals surface area contributed by atoms with E-state index in [1.54, 1.807) is 23.1 Å². The van der Waals surface area contributed by atoms with Crippen molar-refractivity contribution in [2.24, 2.45) is 0 Å². The van der Waals surface area contributed by atoms with Crippen LogP contribution in [0.3, 0.4) is 0 Å². The van der Waals surface area contributed by atoms with Crippen LogP contribution in [-0.4, -0.2) is 45.8 Å². The molecule has 10 heteroatoms. The largest absolute Gasteiger partial charge is 0.347 e. The number of carbonyl (C=O) groups is 1.